The van der Waals surface area contributed by atoms with Gasteiger partial charge in [-0.3, -0.25) is 9.88 Å². The molecule has 0 bridgehead atoms. The Bertz CT molecular complexity index is 423. The van der Waals surface area contributed by atoms with E-state index in [1.807, 2.05) is 12.3 Å². The van der Waals surface area contributed by atoms with Crippen molar-refractivity contribution in [2.45, 2.75) is 64.8 Å². The number of likely N-dealkylation sites (tertiary alicyclic amines) is 1. The van der Waals surface area contributed by atoms with Crippen molar-refractivity contribution in [2.75, 3.05) is 13.1 Å². The highest BCUT2D eigenvalue weighted by molar-refractivity contribution is 5.27. The Morgan fingerprint density at radius 2 is 1.89 bits per heavy atom. The summed E-state index contributed by atoms with van der Waals surface area (Å²) in [5, 5.41) is 0. The molecule has 0 amide bonds. The van der Waals surface area contributed by atoms with Gasteiger partial charge in [0.05, 0.1) is 0 Å². The summed E-state index contributed by atoms with van der Waals surface area (Å²) in [5.74, 6) is 0. The molecule has 19 heavy (non-hydrogen) atoms. The zero-order valence-electron chi connectivity index (χ0n) is 13.2. The summed E-state index contributed by atoms with van der Waals surface area (Å²) in [5.41, 5.74) is 3.28. The minimum Gasteiger partial charge on any atom is -0.298 e. The van der Waals surface area contributed by atoms with Crippen LogP contribution >= 0.6 is 0 Å². The lowest BCUT2D eigenvalue weighted by Gasteiger charge is -2.46. The fraction of sp³-hybridized carbons (Fsp3) is 0.706. The average Bonchev–Trinajstić information content (AvgIpc) is 2.38. The molecule has 2 heterocycles. The minimum absolute atomic E-state index is 0.291. The summed E-state index contributed by atoms with van der Waals surface area (Å²) in [7, 11) is 0. The van der Waals surface area contributed by atoms with Crippen molar-refractivity contribution < 1.29 is 0 Å². The molecule has 2 heteroatoms. The van der Waals surface area contributed by atoms with Crippen LogP contribution in [-0.2, 0) is 5.41 Å². The number of pyridine rings is 1. The number of aromatic nitrogens is 1. The van der Waals surface area contributed by atoms with Crippen molar-refractivity contribution in [1.82, 2.24) is 9.88 Å². The molecule has 0 unspecified atom stereocenters. The van der Waals surface area contributed by atoms with E-state index in [0.29, 0.717) is 11.0 Å². The fourth-order valence-corrected chi connectivity index (χ4v) is 3.40. The molecule has 0 atom stereocenters. The van der Waals surface area contributed by atoms with Crippen LogP contribution in [0.1, 0.15) is 58.2 Å². The zero-order chi connectivity index (χ0) is 14.1. The minimum atomic E-state index is 0.291. The quantitative estimate of drug-likeness (QED) is 0.801. The third-order valence-electron chi connectivity index (χ3n) is 4.86. The third kappa shape index (κ3) is 2.84. The molecular weight excluding hydrogens is 232 g/mol. The molecule has 0 radical (unpaired) electrons. The number of hydrogen-bond donors (Lipinski definition) is 0. The van der Waals surface area contributed by atoms with E-state index in [0.717, 1.165) is 0 Å². The smallest absolute Gasteiger partial charge is 0.0495 e. The lowest BCUT2D eigenvalue weighted by Crippen LogP contribution is -2.50. The molecule has 2 nitrogen and oxygen atoms in total. The Kier molecular flexibility index (Phi) is 4.00. The second-order valence-electron chi connectivity index (χ2n) is 6.96. The van der Waals surface area contributed by atoms with Gasteiger partial charge in [-0.05, 0) is 71.7 Å². The maximum Gasteiger partial charge on any atom is 0.0495 e. The van der Waals surface area contributed by atoms with E-state index in [9.17, 15) is 0 Å². The SMILES string of the molecule is CCC1(c2ncccc2C)CCN(C(C)(C)C)CC1. The lowest BCUT2D eigenvalue weighted by molar-refractivity contribution is 0.0710. The molecular formula is C17H28N2. The van der Waals surface area contributed by atoms with Crippen LogP contribution in [0.4, 0.5) is 0 Å². The van der Waals surface area contributed by atoms with Crippen LogP contribution in [0, 0.1) is 6.92 Å². The zero-order valence-corrected chi connectivity index (χ0v) is 13.2. The van der Waals surface area contributed by atoms with Crippen molar-refractivity contribution in [1.29, 1.82) is 0 Å². The molecule has 106 valence electrons. The fourth-order valence-electron chi connectivity index (χ4n) is 3.40. The van der Waals surface area contributed by atoms with Gasteiger partial charge in [0, 0.05) is 22.8 Å². The number of rotatable bonds is 2. The predicted octanol–water partition coefficient (Wildman–Crippen LogP) is 3.93. The molecule has 1 saturated heterocycles. The first-order chi connectivity index (χ1) is 8.89. The van der Waals surface area contributed by atoms with Crippen LogP contribution in [0.2, 0.25) is 0 Å². The normalized spacial score (nSPS) is 20.5. The Morgan fingerprint density at radius 3 is 2.37 bits per heavy atom. The first-order valence-corrected chi connectivity index (χ1v) is 7.56. The van der Waals surface area contributed by atoms with Crippen molar-refractivity contribution >= 4 is 0 Å². The van der Waals surface area contributed by atoms with Gasteiger partial charge in [0.2, 0.25) is 0 Å². The topological polar surface area (TPSA) is 16.1 Å². The number of aryl methyl sites for hydroxylation is 1. The summed E-state index contributed by atoms with van der Waals surface area (Å²) >= 11 is 0. The Balaban J connectivity index is 2.22. The first-order valence-electron chi connectivity index (χ1n) is 7.56. The lowest BCUT2D eigenvalue weighted by atomic mass is 9.71. The van der Waals surface area contributed by atoms with Crippen molar-refractivity contribution in [2.24, 2.45) is 0 Å². The van der Waals surface area contributed by atoms with Crippen LogP contribution < -0.4 is 0 Å². The van der Waals surface area contributed by atoms with E-state index >= 15 is 0 Å². The Labute approximate surface area is 118 Å². The molecule has 0 N–H and O–H groups in total. The van der Waals surface area contributed by atoms with E-state index in [2.05, 4.69) is 45.6 Å². The highest BCUT2D eigenvalue weighted by Gasteiger charge is 2.38. The van der Waals surface area contributed by atoms with Gasteiger partial charge in [-0.15, -0.1) is 0 Å². The molecule has 1 aromatic heterocycles. The average molecular weight is 260 g/mol. The van der Waals surface area contributed by atoms with Crippen LogP contribution in [0.5, 0.6) is 0 Å². The molecule has 0 aliphatic carbocycles. The number of hydrogen-bond acceptors (Lipinski definition) is 2. The molecule has 1 aliphatic rings. The number of piperidine rings is 1. The second-order valence-corrected chi connectivity index (χ2v) is 6.96. The highest BCUT2D eigenvalue weighted by atomic mass is 15.2. The van der Waals surface area contributed by atoms with E-state index in [-0.39, 0.29) is 0 Å². The number of nitrogens with zero attached hydrogens (tertiary/aromatic N) is 2. The van der Waals surface area contributed by atoms with Crippen molar-refractivity contribution in [3.05, 3.63) is 29.6 Å². The van der Waals surface area contributed by atoms with Gasteiger partial charge in [-0.2, -0.15) is 0 Å². The monoisotopic (exact) mass is 260 g/mol. The maximum atomic E-state index is 4.71. The molecule has 0 spiro atoms. The van der Waals surface area contributed by atoms with Gasteiger partial charge in [0.15, 0.2) is 0 Å². The highest BCUT2D eigenvalue weighted by Crippen LogP contribution is 2.40. The van der Waals surface area contributed by atoms with E-state index in [1.165, 1.54) is 43.6 Å². The summed E-state index contributed by atoms with van der Waals surface area (Å²) in [6.45, 7) is 13.9. The summed E-state index contributed by atoms with van der Waals surface area (Å²) in [4.78, 5) is 7.32. The van der Waals surface area contributed by atoms with Crippen LogP contribution in [0.25, 0.3) is 0 Å². The molecule has 1 fully saturated rings. The second kappa shape index (κ2) is 5.24. The molecule has 1 aromatic rings. The van der Waals surface area contributed by atoms with E-state index in [4.69, 9.17) is 4.98 Å². The van der Waals surface area contributed by atoms with Gasteiger partial charge < -0.3 is 0 Å². The molecule has 1 aliphatic heterocycles. The van der Waals surface area contributed by atoms with Gasteiger partial charge in [0.25, 0.3) is 0 Å². The van der Waals surface area contributed by atoms with Crippen molar-refractivity contribution in [3.63, 3.8) is 0 Å². The third-order valence-corrected chi connectivity index (χ3v) is 4.86. The first kappa shape index (κ1) is 14.5. The van der Waals surface area contributed by atoms with Gasteiger partial charge in [-0.1, -0.05) is 13.0 Å². The molecule has 2 rings (SSSR count). The van der Waals surface area contributed by atoms with Crippen molar-refractivity contribution in [3.8, 4) is 0 Å². The van der Waals surface area contributed by atoms with Gasteiger partial charge in [0.1, 0.15) is 0 Å². The van der Waals surface area contributed by atoms with Crippen LogP contribution in [0.15, 0.2) is 18.3 Å². The molecule has 0 aromatic carbocycles. The summed E-state index contributed by atoms with van der Waals surface area (Å²) in [6, 6.07) is 4.25. The van der Waals surface area contributed by atoms with Crippen LogP contribution in [-0.4, -0.2) is 28.5 Å². The molecule has 0 saturated carbocycles. The summed E-state index contributed by atoms with van der Waals surface area (Å²) < 4.78 is 0. The largest absolute Gasteiger partial charge is 0.298 e. The standard InChI is InChI=1S/C17H28N2/c1-6-17(15-14(2)8-7-11-18-15)9-12-19(13-10-17)16(3,4)5/h7-8,11H,6,9-10,12-13H2,1-5H3. The van der Waals surface area contributed by atoms with Crippen LogP contribution in [0.3, 0.4) is 0 Å². The maximum absolute atomic E-state index is 4.71. The Hall–Kier alpha value is -0.890. The van der Waals surface area contributed by atoms with E-state index in [1.54, 1.807) is 0 Å². The Morgan fingerprint density at radius 1 is 1.26 bits per heavy atom. The predicted molar refractivity (Wildman–Crippen MR) is 81.5 cm³/mol. The van der Waals surface area contributed by atoms with Gasteiger partial charge in [-0.25, -0.2) is 0 Å². The van der Waals surface area contributed by atoms with E-state index < -0.39 is 0 Å². The van der Waals surface area contributed by atoms with Gasteiger partial charge >= 0.3 is 0 Å². The summed E-state index contributed by atoms with van der Waals surface area (Å²) in [6.07, 6.45) is 5.62.